The predicted octanol–water partition coefficient (Wildman–Crippen LogP) is 4.59. The summed E-state index contributed by atoms with van der Waals surface area (Å²) in [5.41, 5.74) is 7.49. The SMILES string of the molecule is NCCCN(Cc1ccccc1)C(=O)c1ccc2cc(Br)ccc2c1. The molecule has 0 heterocycles. The van der Waals surface area contributed by atoms with Crippen LogP contribution in [0.4, 0.5) is 0 Å². The summed E-state index contributed by atoms with van der Waals surface area (Å²) in [5, 5.41) is 2.18. The molecule has 0 radical (unpaired) electrons. The molecule has 0 aliphatic heterocycles. The van der Waals surface area contributed by atoms with Crippen molar-refractivity contribution in [2.24, 2.45) is 5.73 Å². The average Bonchev–Trinajstić information content (AvgIpc) is 2.65. The molecule has 4 heteroatoms. The second kappa shape index (κ2) is 8.28. The fourth-order valence-electron chi connectivity index (χ4n) is 2.87. The predicted molar refractivity (Wildman–Crippen MR) is 107 cm³/mol. The van der Waals surface area contributed by atoms with E-state index in [1.807, 2.05) is 65.6 Å². The van der Waals surface area contributed by atoms with E-state index in [2.05, 4.69) is 22.0 Å². The van der Waals surface area contributed by atoms with E-state index in [-0.39, 0.29) is 5.91 Å². The normalized spacial score (nSPS) is 10.8. The first-order valence-corrected chi connectivity index (χ1v) is 9.19. The van der Waals surface area contributed by atoms with Crippen LogP contribution in [0.2, 0.25) is 0 Å². The summed E-state index contributed by atoms with van der Waals surface area (Å²) in [6, 6.07) is 22.0. The lowest BCUT2D eigenvalue weighted by Crippen LogP contribution is -2.32. The number of hydrogen-bond donors (Lipinski definition) is 1. The van der Waals surface area contributed by atoms with Gasteiger partial charge in [0.15, 0.2) is 0 Å². The fourth-order valence-corrected chi connectivity index (χ4v) is 3.25. The van der Waals surface area contributed by atoms with Gasteiger partial charge in [-0.1, -0.05) is 58.4 Å². The number of nitrogens with zero attached hydrogens (tertiary/aromatic N) is 1. The van der Waals surface area contributed by atoms with Gasteiger partial charge in [0.05, 0.1) is 0 Å². The quantitative estimate of drug-likeness (QED) is 0.661. The number of amides is 1. The molecule has 3 aromatic rings. The lowest BCUT2D eigenvalue weighted by molar-refractivity contribution is 0.0742. The third-order valence-electron chi connectivity index (χ3n) is 4.18. The Morgan fingerprint density at radius 2 is 1.68 bits per heavy atom. The van der Waals surface area contributed by atoms with E-state index in [1.54, 1.807) is 0 Å². The van der Waals surface area contributed by atoms with Crippen LogP contribution in [0.25, 0.3) is 10.8 Å². The number of benzene rings is 3. The van der Waals surface area contributed by atoms with E-state index in [9.17, 15) is 4.79 Å². The van der Waals surface area contributed by atoms with Gasteiger partial charge in [-0.25, -0.2) is 0 Å². The van der Waals surface area contributed by atoms with Gasteiger partial charge in [0.1, 0.15) is 0 Å². The topological polar surface area (TPSA) is 46.3 Å². The van der Waals surface area contributed by atoms with E-state index in [1.165, 1.54) is 0 Å². The molecular formula is C21H21BrN2O. The van der Waals surface area contributed by atoms with Crippen LogP contribution < -0.4 is 5.73 Å². The number of rotatable bonds is 6. The zero-order valence-corrected chi connectivity index (χ0v) is 15.6. The molecule has 0 aliphatic carbocycles. The first-order valence-electron chi connectivity index (χ1n) is 8.40. The van der Waals surface area contributed by atoms with Crippen LogP contribution >= 0.6 is 15.9 Å². The van der Waals surface area contributed by atoms with Crippen LogP contribution in [0.1, 0.15) is 22.3 Å². The van der Waals surface area contributed by atoms with E-state index >= 15 is 0 Å². The molecule has 0 spiro atoms. The third kappa shape index (κ3) is 4.47. The standard InChI is InChI=1S/C21H21BrN2O/c22-20-10-9-17-13-19(8-7-18(17)14-20)21(25)24(12-4-11-23)15-16-5-2-1-3-6-16/h1-3,5-10,13-14H,4,11-12,15,23H2. The van der Waals surface area contributed by atoms with Gasteiger partial charge in [0, 0.05) is 23.1 Å². The fraction of sp³-hybridized carbons (Fsp3) is 0.190. The molecule has 3 nitrogen and oxygen atoms in total. The highest BCUT2D eigenvalue weighted by Crippen LogP contribution is 2.22. The summed E-state index contributed by atoms with van der Waals surface area (Å²) in [6.45, 7) is 1.82. The Labute approximate surface area is 156 Å². The van der Waals surface area contributed by atoms with Crippen molar-refractivity contribution in [2.75, 3.05) is 13.1 Å². The minimum Gasteiger partial charge on any atom is -0.334 e. The highest BCUT2D eigenvalue weighted by molar-refractivity contribution is 9.10. The monoisotopic (exact) mass is 396 g/mol. The molecule has 2 N–H and O–H groups in total. The summed E-state index contributed by atoms with van der Waals surface area (Å²) >= 11 is 3.48. The number of carbonyl (C=O) groups is 1. The van der Waals surface area contributed by atoms with Gasteiger partial charge in [-0.2, -0.15) is 0 Å². The zero-order chi connectivity index (χ0) is 17.6. The number of carbonyl (C=O) groups excluding carboxylic acids is 1. The Morgan fingerprint density at radius 1 is 0.960 bits per heavy atom. The Morgan fingerprint density at radius 3 is 2.44 bits per heavy atom. The summed E-state index contributed by atoms with van der Waals surface area (Å²) < 4.78 is 1.03. The second-order valence-corrected chi connectivity index (χ2v) is 6.98. The molecule has 128 valence electrons. The van der Waals surface area contributed by atoms with Crippen molar-refractivity contribution in [1.29, 1.82) is 0 Å². The van der Waals surface area contributed by atoms with Gasteiger partial charge in [-0.3, -0.25) is 4.79 Å². The maximum atomic E-state index is 13.0. The highest BCUT2D eigenvalue weighted by Gasteiger charge is 2.16. The molecule has 0 saturated carbocycles. The van der Waals surface area contributed by atoms with E-state index in [0.717, 1.165) is 27.2 Å². The Balaban J connectivity index is 1.86. The Kier molecular flexibility index (Phi) is 5.84. The molecule has 3 rings (SSSR count). The average molecular weight is 397 g/mol. The molecule has 25 heavy (non-hydrogen) atoms. The second-order valence-electron chi connectivity index (χ2n) is 6.06. The number of fused-ring (bicyclic) bond motifs is 1. The van der Waals surface area contributed by atoms with Crippen molar-refractivity contribution < 1.29 is 4.79 Å². The molecule has 1 amide bonds. The Bertz CT molecular complexity index is 864. The van der Waals surface area contributed by atoms with Gasteiger partial charge in [0.25, 0.3) is 5.91 Å². The van der Waals surface area contributed by atoms with Crippen molar-refractivity contribution in [1.82, 2.24) is 4.90 Å². The van der Waals surface area contributed by atoms with Gasteiger partial charge in [-0.05, 0) is 53.6 Å². The largest absolute Gasteiger partial charge is 0.334 e. The molecule has 0 atom stereocenters. The molecule has 0 aromatic heterocycles. The van der Waals surface area contributed by atoms with Crippen LogP contribution in [0, 0.1) is 0 Å². The minimum atomic E-state index is 0.0436. The van der Waals surface area contributed by atoms with Gasteiger partial charge in [0.2, 0.25) is 0 Å². The number of hydrogen-bond acceptors (Lipinski definition) is 2. The third-order valence-corrected chi connectivity index (χ3v) is 4.68. The smallest absolute Gasteiger partial charge is 0.254 e. The first kappa shape index (κ1) is 17.6. The zero-order valence-electron chi connectivity index (χ0n) is 14.0. The van der Waals surface area contributed by atoms with Crippen LogP contribution in [-0.4, -0.2) is 23.9 Å². The lowest BCUT2D eigenvalue weighted by atomic mass is 10.1. The van der Waals surface area contributed by atoms with Gasteiger partial charge < -0.3 is 10.6 Å². The van der Waals surface area contributed by atoms with Gasteiger partial charge >= 0.3 is 0 Å². The van der Waals surface area contributed by atoms with Crippen molar-refractivity contribution in [3.63, 3.8) is 0 Å². The maximum Gasteiger partial charge on any atom is 0.254 e. The Hall–Kier alpha value is -2.17. The van der Waals surface area contributed by atoms with E-state index < -0.39 is 0 Å². The number of halogens is 1. The van der Waals surface area contributed by atoms with Crippen LogP contribution in [0.3, 0.4) is 0 Å². The number of nitrogens with two attached hydrogens (primary N) is 1. The van der Waals surface area contributed by atoms with Crippen molar-refractivity contribution in [2.45, 2.75) is 13.0 Å². The molecule has 0 fully saturated rings. The van der Waals surface area contributed by atoms with Crippen LogP contribution in [0.15, 0.2) is 71.2 Å². The van der Waals surface area contributed by atoms with Gasteiger partial charge in [-0.15, -0.1) is 0 Å². The molecule has 3 aromatic carbocycles. The first-order chi connectivity index (χ1) is 12.2. The van der Waals surface area contributed by atoms with Crippen LogP contribution in [-0.2, 0) is 6.54 Å². The summed E-state index contributed by atoms with van der Waals surface area (Å²) in [4.78, 5) is 14.9. The van der Waals surface area contributed by atoms with Crippen molar-refractivity contribution in [3.8, 4) is 0 Å². The summed E-state index contributed by atoms with van der Waals surface area (Å²) in [7, 11) is 0. The molecule has 0 saturated heterocycles. The van der Waals surface area contributed by atoms with Crippen molar-refractivity contribution in [3.05, 3.63) is 82.3 Å². The molecule has 0 unspecified atom stereocenters. The maximum absolute atomic E-state index is 13.0. The minimum absolute atomic E-state index is 0.0436. The summed E-state index contributed by atoms with van der Waals surface area (Å²) in [6.07, 6.45) is 0.791. The summed E-state index contributed by atoms with van der Waals surface area (Å²) in [5.74, 6) is 0.0436. The lowest BCUT2D eigenvalue weighted by Gasteiger charge is -2.23. The molecule has 0 bridgehead atoms. The molecule has 0 aliphatic rings. The van der Waals surface area contributed by atoms with E-state index in [4.69, 9.17) is 5.73 Å². The highest BCUT2D eigenvalue weighted by atomic mass is 79.9. The van der Waals surface area contributed by atoms with E-state index in [0.29, 0.717) is 25.2 Å². The van der Waals surface area contributed by atoms with Crippen LogP contribution in [0.5, 0.6) is 0 Å². The van der Waals surface area contributed by atoms with Crippen molar-refractivity contribution >= 4 is 32.6 Å². The molecular weight excluding hydrogens is 376 g/mol.